The molecule has 1 saturated heterocycles. The Hall–Kier alpha value is -0.630. The third kappa shape index (κ3) is 1.83. The van der Waals surface area contributed by atoms with Gasteiger partial charge in [-0.3, -0.25) is 0 Å². The molecule has 0 saturated carbocycles. The van der Waals surface area contributed by atoms with Crippen molar-refractivity contribution in [1.29, 1.82) is 0 Å². The minimum atomic E-state index is 0.840. The lowest BCUT2D eigenvalue weighted by molar-refractivity contribution is 0.949. The monoisotopic (exact) mass is 193 g/mol. The Bertz CT molecular complexity index is 279. The van der Waals surface area contributed by atoms with Gasteiger partial charge in [-0.15, -0.1) is 0 Å². The van der Waals surface area contributed by atoms with Crippen LogP contribution < -0.4 is 4.90 Å². The first kappa shape index (κ1) is 8.95. The summed E-state index contributed by atoms with van der Waals surface area (Å²) in [7, 11) is 0. The fourth-order valence-corrected chi connectivity index (χ4v) is 2.18. The molecule has 0 aromatic heterocycles. The van der Waals surface area contributed by atoms with E-state index in [4.69, 9.17) is 0 Å². The van der Waals surface area contributed by atoms with Gasteiger partial charge in [0.05, 0.1) is 0 Å². The van der Waals surface area contributed by atoms with E-state index in [1.807, 2.05) is 0 Å². The molecule has 1 aliphatic heterocycles. The number of nitrogens with zero attached hydrogens (tertiary/aromatic N) is 1. The fourth-order valence-electron chi connectivity index (χ4n) is 1.91. The van der Waals surface area contributed by atoms with E-state index in [9.17, 15) is 0 Å². The number of rotatable bonds is 2. The van der Waals surface area contributed by atoms with Crippen LogP contribution in [0, 0.1) is 0 Å². The molecule has 0 spiro atoms. The summed E-state index contributed by atoms with van der Waals surface area (Å²) in [6.07, 6.45) is 2.67. The van der Waals surface area contributed by atoms with Gasteiger partial charge in [-0.25, -0.2) is 0 Å². The molecule has 1 aliphatic rings. The highest BCUT2D eigenvalue weighted by atomic mass is 32.1. The summed E-state index contributed by atoms with van der Waals surface area (Å²) < 4.78 is 0. The topological polar surface area (TPSA) is 3.24 Å². The predicted molar refractivity (Wildman–Crippen MR) is 60.6 cm³/mol. The molecule has 13 heavy (non-hydrogen) atoms. The van der Waals surface area contributed by atoms with E-state index in [0.29, 0.717) is 0 Å². The maximum Gasteiger partial charge on any atom is 0.0407 e. The summed E-state index contributed by atoms with van der Waals surface area (Å²) in [5.41, 5.74) is 2.74. The second kappa shape index (κ2) is 4.05. The second-order valence-corrected chi connectivity index (χ2v) is 3.80. The molecule has 2 rings (SSSR count). The lowest BCUT2D eigenvalue weighted by atomic mass is 10.2. The molecule has 1 aromatic rings. The summed E-state index contributed by atoms with van der Waals surface area (Å²) in [5, 5.41) is 0. The molecule has 0 unspecified atom stereocenters. The molecule has 2 heteroatoms. The van der Waals surface area contributed by atoms with E-state index in [2.05, 4.69) is 41.8 Å². The Balaban J connectivity index is 2.26. The van der Waals surface area contributed by atoms with Gasteiger partial charge < -0.3 is 4.90 Å². The van der Waals surface area contributed by atoms with Crippen LogP contribution in [0.5, 0.6) is 0 Å². The third-order valence-corrected chi connectivity index (χ3v) is 2.95. The standard InChI is InChI=1S/C11H15NS/c13-9-10-5-1-2-6-11(10)12-7-3-4-8-12/h1-2,5-6,13H,3-4,7-9H2. The molecule has 1 fully saturated rings. The third-order valence-electron chi connectivity index (χ3n) is 2.61. The van der Waals surface area contributed by atoms with Crippen LogP contribution in [-0.4, -0.2) is 13.1 Å². The molecule has 0 radical (unpaired) electrons. The average Bonchev–Trinajstić information content (AvgIpc) is 2.70. The van der Waals surface area contributed by atoms with Gasteiger partial charge in [-0.05, 0) is 24.5 Å². The normalized spacial score (nSPS) is 16.5. The summed E-state index contributed by atoms with van der Waals surface area (Å²) in [6.45, 7) is 2.43. The Morgan fingerprint density at radius 3 is 2.54 bits per heavy atom. The van der Waals surface area contributed by atoms with Gasteiger partial charge in [0.15, 0.2) is 0 Å². The van der Waals surface area contributed by atoms with Crippen LogP contribution in [0.4, 0.5) is 5.69 Å². The SMILES string of the molecule is SCc1ccccc1N1CCCC1. The molecule has 0 N–H and O–H groups in total. The van der Waals surface area contributed by atoms with E-state index in [1.165, 1.54) is 37.2 Å². The van der Waals surface area contributed by atoms with E-state index < -0.39 is 0 Å². The highest BCUT2D eigenvalue weighted by Gasteiger charge is 2.13. The molecule has 1 heterocycles. The van der Waals surface area contributed by atoms with Crippen molar-refractivity contribution in [2.45, 2.75) is 18.6 Å². The van der Waals surface area contributed by atoms with Gasteiger partial charge in [0, 0.05) is 24.5 Å². The van der Waals surface area contributed by atoms with Crippen molar-refractivity contribution in [1.82, 2.24) is 0 Å². The van der Waals surface area contributed by atoms with Crippen molar-refractivity contribution in [3.63, 3.8) is 0 Å². The first-order valence-corrected chi connectivity index (χ1v) is 5.49. The smallest absolute Gasteiger partial charge is 0.0407 e. The van der Waals surface area contributed by atoms with Crippen LogP contribution in [0.25, 0.3) is 0 Å². The molecule has 1 aromatic carbocycles. The van der Waals surface area contributed by atoms with E-state index in [-0.39, 0.29) is 0 Å². The van der Waals surface area contributed by atoms with Crippen molar-refractivity contribution in [2.24, 2.45) is 0 Å². The Labute approximate surface area is 85.2 Å². The van der Waals surface area contributed by atoms with E-state index in [0.717, 1.165) is 5.75 Å². The Kier molecular flexibility index (Phi) is 2.79. The zero-order chi connectivity index (χ0) is 9.10. The zero-order valence-electron chi connectivity index (χ0n) is 7.74. The van der Waals surface area contributed by atoms with Crippen molar-refractivity contribution >= 4 is 18.3 Å². The number of hydrogen-bond donors (Lipinski definition) is 1. The van der Waals surface area contributed by atoms with Gasteiger partial charge >= 0.3 is 0 Å². The van der Waals surface area contributed by atoms with Crippen LogP contribution in [0.2, 0.25) is 0 Å². The molecule has 0 amide bonds. The highest BCUT2D eigenvalue weighted by Crippen LogP contribution is 2.25. The van der Waals surface area contributed by atoms with Crippen LogP contribution >= 0.6 is 12.6 Å². The highest BCUT2D eigenvalue weighted by molar-refractivity contribution is 7.79. The molecule has 0 atom stereocenters. The van der Waals surface area contributed by atoms with E-state index >= 15 is 0 Å². The average molecular weight is 193 g/mol. The molecule has 0 bridgehead atoms. The van der Waals surface area contributed by atoms with Crippen molar-refractivity contribution in [2.75, 3.05) is 18.0 Å². The lowest BCUT2D eigenvalue weighted by Gasteiger charge is -2.20. The molecular weight excluding hydrogens is 178 g/mol. The van der Waals surface area contributed by atoms with Crippen LogP contribution in [0.1, 0.15) is 18.4 Å². The van der Waals surface area contributed by atoms with Gasteiger partial charge in [0.1, 0.15) is 0 Å². The minimum Gasteiger partial charge on any atom is -0.371 e. The van der Waals surface area contributed by atoms with Crippen molar-refractivity contribution < 1.29 is 0 Å². The van der Waals surface area contributed by atoms with Gasteiger partial charge in [0.2, 0.25) is 0 Å². The van der Waals surface area contributed by atoms with E-state index in [1.54, 1.807) is 0 Å². The molecule has 1 nitrogen and oxygen atoms in total. The zero-order valence-corrected chi connectivity index (χ0v) is 8.63. The number of para-hydroxylation sites is 1. The largest absolute Gasteiger partial charge is 0.371 e. The van der Waals surface area contributed by atoms with Gasteiger partial charge in [0.25, 0.3) is 0 Å². The molecule has 70 valence electrons. The van der Waals surface area contributed by atoms with Crippen LogP contribution in [0.3, 0.4) is 0 Å². The van der Waals surface area contributed by atoms with Crippen molar-refractivity contribution in [3.05, 3.63) is 29.8 Å². The lowest BCUT2D eigenvalue weighted by Crippen LogP contribution is -2.18. The fraction of sp³-hybridized carbons (Fsp3) is 0.455. The maximum atomic E-state index is 4.35. The summed E-state index contributed by atoms with van der Waals surface area (Å²) in [4.78, 5) is 2.46. The summed E-state index contributed by atoms with van der Waals surface area (Å²) >= 11 is 4.35. The van der Waals surface area contributed by atoms with Crippen molar-refractivity contribution in [3.8, 4) is 0 Å². The first-order chi connectivity index (χ1) is 6.42. The number of anilines is 1. The van der Waals surface area contributed by atoms with Gasteiger partial charge in [-0.2, -0.15) is 12.6 Å². The number of benzene rings is 1. The quantitative estimate of drug-likeness (QED) is 0.707. The summed E-state index contributed by atoms with van der Waals surface area (Å²) in [5.74, 6) is 0.840. The van der Waals surface area contributed by atoms with Gasteiger partial charge in [-0.1, -0.05) is 18.2 Å². The Morgan fingerprint density at radius 1 is 1.15 bits per heavy atom. The van der Waals surface area contributed by atoms with Crippen LogP contribution in [-0.2, 0) is 5.75 Å². The first-order valence-electron chi connectivity index (χ1n) is 4.85. The maximum absolute atomic E-state index is 4.35. The Morgan fingerprint density at radius 2 is 1.85 bits per heavy atom. The van der Waals surface area contributed by atoms with Crippen LogP contribution in [0.15, 0.2) is 24.3 Å². The predicted octanol–water partition coefficient (Wildman–Crippen LogP) is 2.72. The second-order valence-electron chi connectivity index (χ2n) is 3.48. The summed E-state index contributed by atoms with van der Waals surface area (Å²) in [6, 6.07) is 8.57. The molecular formula is C11H15NS. The number of hydrogen-bond acceptors (Lipinski definition) is 2. The molecule has 0 aliphatic carbocycles. The minimum absolute atomic E-state index is 0.840. The number of thiol groups is 1.